The summed E-state index contributed by atoms with van der Waals surface area (Å²) in [6, 6.07) is 9.80. The molecule has 6 nitrogen and oxygen atoms in total. The van der Waals surface area contributed by atoms with E-state index in [1.165, 1.54) is 6.92 Å². The number of nitrogens with one attached hydrogen (secondary N) is 1. The number of hydrogen-bond donors (Lipinski definition) is 1. The van der Waals surface area contributed by atoms with E-state index in [9.17, 15) is 18.4 Å². The molecule has 0 radical (unpaired) electrons. The van der Waals surface area contributed by atoms with Gasteiger partial charge in [-0.05, 0) is 31.2 Å². The van der Waals surface area contributed by atoms with Crippen molar-refractivity contribution in [1.29, 1.82) is 0 Å². The smallest absolute Gasteiger partial charge is 0.317 e. The van der Waals surface area contributed by atoms with E-state index in [-0.39, 0.29) is 11.4 Å². The molecule has 3 aromatic rings. The highest BCUT2D eigenvalue weighted by Crippen LogP contribution is 2.23. The van der Waals surface area contributed by atoms with Gasteiger partial charge in [0.1, 0.15) is 22.9 Å². The maximum absolute atomic E-state index is 13.5. The number of esters is 1. The van der Waals surface area contributed by atoms with Gasteiger partial charge in [0.2, 0.25) is 0 Å². The summed E-state index contributed by atoms with van der Waals surface area (Å²) < 4.78 is 37.1. The minimum atomic E-state index is -1.19. The summed E-state index contributed by atoms with van der Waals surface area (Å²) >= 11 is 1.02. The molecule has 0 aliphatic heterocycles. The molecule has 1 N–H and O–H groups in total. The Morgan fingerprint density at radius 3 is 2.81 bits per heavy atom. The molecule has 0 bridgehead atoms. The topological polar surface area (TPSA) is 81.4 Å². The van der Waals surface area contributed by atoms with Crippen LogP contribution >= 0.6 is 11.8 Å². The van der Waals surface area contributed by atoms with Gasteiger partial charge in [-0.15, -0.1) is 0 Å². The Labute approximate surface area is 156 Å². The van der Waals surface area contributed by atoms with Crippen LogP contribution in [-0.4, -0.2) is 28.7 Å². The first kappa shape index (κ1) is 18.8. The van der Waals surface area contributed by atoms with Gasteiger partial charge >= 0.3 is 5.97 Å². The number of carbonyl (C=O) groups is 2. The lowest BCUT2D eigenvalue weighted by molar-refractivity contribution is -0.150. The van der Waals surface area contributed by atoms with Gasteiger partial charge in [-0.25, -0.2) is 13.8 Å². The molecule has 27 heavy (non-hydrogen) atoms. The summed E-state index contributed by atoms with van der Waals surface area (Å²) in [5.41, 5.74) is 0.931. The van der Waals surface area contributed by atoms with Crippen LogP contribution in [0.15, 0.2) is 52.1 Å². The van der Waals surface area contributed by atoms with Crippen LogP contribution in [0, 0.1) is 11.6 Å². The number of para-hydroxylation sites is 2. The largest absolute Gasteiger partial charge is 0.452 e. The number of fused-ring (bicyclic) bond motifs is 1. The number of carbonyl (C=O) groups excluding carboxylic acids is 2. The van der Waals surface area contributed by atoms with E-state index in [0.29, 0.717) is 16.3 Å². The van der Waals surface area contributed by atoms with Crippen LogP contribution in [0.3, 0.4) is 0 Å². The number of hydrogen-bond acceptors (Lipinski definition) is 6. The molecule has 1 aromatic heterocycles. The Kier molecular flexibility index (Phi) is 5.70. The van der Waals surface area contributed by atoms with Gasteiger partial charge in [0.15, 0.2) is 11.7 Å². The molecule has 1 atom stereocenters. The van der Waals surface area contributed by atoms with Gasteiger partial charge in [-0.3, -0.25) is 9.59 Å². The molecule has 2 aromatic carbocycles. The van der Waals surface area contributed by atoms with Gasteiger partial charge in [-0.2, -0.15) is 0 Å². The SMILES string of the molecule is C[C@@H](OC(=O)CSc1nc2ccccc2o1)C(=O)Nc1cc(F)ccc1F. The first-order chi connectivity index (χ1) is 12.9. The fourth-order valence-electron chi connectivity index (χ4n) is 2.15. The van der Waals surface area contributed by atoms with Crippen molar-refractivity contribution in [3.8, 4) is 0 Å². The Bertz CT molecular complexity index is 959. The average molecular weight is 392 g/mol. The molecule has 0 saturated heterocycles. The Morgan fingerprint density at radius 1 is 1.26 bits per heavy atom. The van der Waals surface area contributed by atoms with Crippen molar-refractivity contribution in [3.63, 3.8) is 0 Å². The second-order valence-corrected chi connectivity index (χ2v) is 6.41. The molecule has 0 aliphatic rings. The predicted octanol–water partition coefficient (Wildman–Crippen LogP) is 3.77. The lowest BCUT2D eigenvalue weighted by Gasteiger charge is -2.13. The van der Waals surface area contributed by atoms with Gasteiger partial charge in [0, 0.05) is 6.07 Å². The summed E-state index contributed by atoms with van der Waals surface area (Å²) in [6.07, 6.45) is -1.19. The highest BCUT2D eigenvalue weighted by molar-refractivity contribution is 7.99. The van der Waals surface area contributed by atoms with Crippen LogP contribution < -0.4 is 5.32 Å². The molecule has 140 valence electrons. The zero-order valence-electron chi connectivity index (χ0n) is 14.1. The van der Waals surface area contributed by atoms with E-state index in [4.69, 9.17) is 9.15 Å². The van der Waals surface area contributed by atoms with E-state index in [1.807, 2.05) is 6.07 Å². The molecule has 0 fully saturated rings. The zero-order valence-corrected chi connectivity index (χ0v) is 14.9. The second-order valence-electron chi connectivity index (χ2n) is 5.48. The molecule has 1 heterocycles. The molecule has 3 rings (SSSR count). The third kappa shape index (κ3) is 4.82. The van der Waals surface area contributed by atoms with E-state index in [1.54, 1.807) is 18.2 Å². The number of halogens is 2. The predicted molar refractivity (Wildman–Crippen MR) is 95.3 cm³/mol. The van der Waals surface area contributed by atoms with Crippen molar-refractivity contribution in [2.24, 2.45) is 0 Å². The quantitative estimate of drug-likeness (QED) is 0.508. The average Bonchev–Trinajstić information content (AvgIpc) is 3.06. The van der Waals surface area contributed by atoms with E-state index >= 15 is 0 Å². The molecular formula is C18H14F2N2O4S. The summed E-state index contributed by atoms with van der Waals surface area (Å²) in [5.74, 6) is -3.08. The molecule has 0 aliphatic carbocycles. The van der Waals surface area contributed by atoms with Crippen molar-refractivity contribution in [3.05, 3.63) is 54.1 Å². The normalized spacial score (nSPS) is 12.0. The summed E-state index contributed by atoms with van der Waals surface area (Å²) in [7, 11) is 0. The van der Waals surface area contributed by atoms with E-state index in [2.05, 4.69) is 10.3 Å². The fraction of sp³-hybridized carbons (Fsp3) is 0.167. The van der Waals surface area contributed by atoms with Crippen molar-refractivity contribution < 1.29 is 27.5 Å². The Balaban J connectivity index is 1.52. The van der Waals surface area contributed by atoms with Crippen LogP contribution in [0.25, 0.3) is 11.1 Å². The first-order valence-electron chi connectivity index (χ1n) is 7.86. The van der Waals surface area contributed by atoms with Gasteiger partial charge in [0.25, 0.3) is 11.1 Å². The van der Waals surface area contributed by atoms with E-state index in [0.717, 1.165) is 30.0 Å². The minimum Gasteiger partial charge on any atom is -0.452 e. The number of benzene rings is 2. The molecule has 1 amide bonds. The number of thioether (sulfide) groups is 1. The Hall–Kier alpha value is -2.94. The number of oxazole rings is 1. The Morgan fingerprint density at radius 2 is 2.04 bits per heavy atom. The maximum atomic E-state index is 13.5. The maximum Gasteiger partial charge on any atom is 0.317 e. The number of ether oxygens (including phenoxy) is 1. The van der Waals surface area contributed by atoms with Crippen LogP contribution in [-0.2, 0) is 14.3 Å². The number of rotatable bonds is 6. The minimum absolute atomic E-state index is 0.126. The van der Waals surface area contributed by atoms with Crippen molar-refractivity contribution in [2.75, 3.05) is 11.1 Å². The number of anilines is 1. The summed E-state index contributed by atoms with van der Waals surface area (Å²) in [5, 5.41) is 2.48. The first-order valence-corrected chi connectivity index (χ1v) is 8.84. The van der Waals surface area contributed by atoms with Gasteiger partial charge in [0.05, 0.1) is 5.69 Å². The van der Waals surface area contributed by atoms with Gasteiger partial charge < -0.3 is 14.5 Å². The van der Waals surface area contributed by atoms with Gasteiger partial charge in [-0.1, -0.05) is 23.9 Å². The molecule has 0 unspecified atom stereocenters. The number of aromatic nitrogens is 1. The number of amides is 1. The standard InChI is InChI=1S/C18H14F2N2O4S/c1-10(17(24)21-14-8-11(19)6-7-12(14)20)25-16(23)9-27-18-22-13-4-2-3-5-15(13)26-18/h2-8,10H,9H2,1H3,(H,21,24)/t10-/m1/s1. The van der Waals surface area contributed by atoms with E-state index < -0.39 is 29.6 Å². The van der Waals surface area contributed by atoms with Crippen LogP contribution in [0.5, 0.6) is 0 Å². The second kappa shape index (κ2) is 8.17. The highest BCUT2D eigenvalue weighted by atomic mass is 32.2. The van der Waals surface area contributed by atoms with Crippen LogP contribution in [0.1, 0.15) is 6.92 Å². The molecule has 9 heteroatoms. The number of nitrogens with zero attached hydrogens (tertiary/aromatic N) is 1. The highest BCUT2D eigenvalue weighted by Gasteiger charge is 2.20. The third-order valence-electron chi connectivity index (χ3n) is 3.45. The monoisotopic (exact) mass is 392 g/mol. The zero-order chi connectivity index (χ0) is 19.4. The lowest BCUT2D eigenvalue weighted by atomic mass is 10.2. The summed E-state index contributed by atoms with van der Waals surface area (Å²) in [6.45, 7) is 1.33. The van der Waals surface area contributed by atoms with Crippen LogP contribution in [0.2, 0.25) is 0 Å². The van der Waals surface area contributed by atoms with Crippen molar-refractivity contribution in [1.82, 2.24) is 4.98 Å². The molecular weight excluding hydrogens is 378 g/mol. The molecule has 0 saturated carbocycles. The molecule has 0 spiro atoms. The lowest BCUT2D eigenvalue weighted by Crippen LogP contribution is -2.30. The fourth-order valence-corrected chi connectivity index (χ4v) is 2.77. The van der Waals surface area contributed by atoms with Crippen molar-refractivity contribution in [2.45, 2.75) is 18.3 Å². The van der Waals surface area contributed by atoms with Crippen LogP contribution in [0.4, 0.5) is 14.5 Å². The third-order valence-corrected chi connectivity index (χ3v) is 4.25. The van der Waals surface area contributed by atoms with Crippen molar-refractivity contribution >= 4 is 40.4 Å². The summed E-state index contributed by atoms with van der Waals surface area (Å²) in [4.78, 5) is 28.1.